The largest absolute Gasteiger partial charge is 0.478 e. The van der Waals surface area contributed by atoms with Crippen LogP contribution in [0.25, 0.3) is 11.0 Å². The minimum absolute atomic E-state index is 0.472. The van der Waals surface area contributed by atoms with E-state index in [4.69, 9.17) is 15.3 Å². The molecule has 1 atom stereocenters. The van der Waals surface area contributed by atoms with Crippen LogP contribution >= 0.6 is 0 Å². The summed E-state index contributed by atoms with van der Waals surface area (Å²) in [5.74, 6) is -1.01. The smallest absolute Gasteiger partial charge is 0.328 e. The number of para-hydroxylation sites is 1. The summed E-state index contributed by atoms with van der Waals surface area (Å²) in [6.07, 6.45) is 4.02. The van der Waals surface area contributed by atoms with Gasteiger partial charge in [-0.15, -0.1) is 0 Å². The quantitative estimate of drug-likeness (QED) is 0.771. The number of fused-ring (bicyclic) bond motifs is 1. The molecule has 0 saturated carbocycles. The van der Waals surface area contributed by atoms with Crippen molar-refractivity contribution in [1.29, 1.82) is 0 Å². The lowest BCUT2D eigenvalue weighted by Crippen LogP contribution is -2.06. The Hall–Kier alpha value is -2.07. The molecule has 1 unspecified atom stereocenters. The number of benzene rings is 1. The Balaban J connectivity index is 2.36. The van der Waals surface area contributed by atoms with Gasteiger partial charge in [-0.2, -0.15) is 0 Å². The lowest BCUT2D eigenvalue weighted by molar-refractivity contribution is -0.131. The zero-order chi connectivity index (χ0) is 11.5. The van der Waals surface area contributed by atoms with Gasteiger partial charge in [-0.3, -0.25) is 0 Å². The molecular weight excluding hydrogens is 206 g/mol. The molecule has 3 N–H and O–H groups in total. The molecule has 2 aromatic rings. The number of aliphatic carboxylic acids is 1. The molecule has 0 fully saturated rings. The Morgan fingerprint density at radius 1 is 1.44 bits per heavy atom. The number of furan rings is 1. The van der Waals surface area contributed by atoms with E-state index in [9.17, 15) is 4.79 Å². The monoisotopic (exact) mass is 217 g/mol. The highest BCUT2D eigenvalue weighted by Gasteiger charge is 2.10. The fraction of sp³-hybridized carbons (Fsp3) is 0.0833. The van der Waals surface area contributed by atoms with Crippen molar-refractivity contribution in [3.63, 3.8) is 0 Å². The van der Waals surface area contributed by atoms with Gasteiger partial charge in [0.15, 0.2) is 0 Å². The summed E-state index contributed by atoms with van der Waals surface area (Å²) in [6.45, 7) is 0. The van der Waals surface area contributed by atoms with E-state index < -0.39 is 12.0 Å². The predicted molar refractivity (Wildman–Crippen MR) is 59.9 cm³/mol. The molecular formula is C12H11NO3. The molecule has 0 amide bonds. The van der Waals surface area contributed by atoms with E-state index in [1.165, 1.54) is 6.08 Å². The highest BCUT2D eigenvalue weighted by molar-refractivity contribution is 5.83. The lowest BCUT2D eigenvalue weighted by atomic mass is 10.1. The van der Waals surface area contributed by atoms with Crippen LogP contribution in [0, 0.1) is 0 Å². The number of carboxylic acid groups (broad SMARTS) is 1. The average molecular weight is 217 g/mol. The van der Waals surface area contributed by atoms with E-state index in [1.807, 2.05) is 24.3 Å². The highest BCUT2D eigenvalue weighted by atomic mass is 16.4. The summed E-state index contributed by atoms with van der Waals surface area (Å²) in [7, 11) is 0. The molecule has 0 spiro atoms. The van der Waals surface area contributed by atoms with Crippen molar-refractivity contribution in [3.8, 4) is 0 Å². The van der Waals surface area contributed by atoms with Crippen LogP contribution in [0.3, 0.4) is 0 Å². The first kappa shape index (κ1) is 10.4. The second kappa shape index (κ2) is 4.20. The zero-order valence-electron chi connectivity index (χ0n) is 8.46. The van der Waals surface area contributed by atoms with Crippen molar-refractivity contribution in [2.24, 2.45) is 5.73 Å². The molecule has 1 aromatic heterocycles. The third kappa shape index (κ3) is 1.97. The van der Waals surface area contributed by atoms with E-state index in [-0.39, 0.29) is 0 Å². The fourth-order valence-electron chi connectivity index (χ4n) is 1.55. The number of hydrogen-bond acceptors (Lipinski definition) is 3. The van der Waals surface area contributed by atoms with Gasteiger partial charge in [-0.1, -0.05) is 24.3 Å². The molecule has 0 bridgehead atoms. The Morgan fingerprint density at radius 3 is 2.94 bits per heavy atom. The van der Waals surface area contributed by atoms with Gasteiger partial charge in [0.25, 0.3) is 0 Å². The van der Waals surface area contributed by atoms with Gasteiger partial charge in [0.1, 0.15) is 5.58 Å². The van der Waals surface area contributed by atoms with Crippen molar-refractivity contribution in [1.82, 2.24) is 0 Å². The van der Waals surface area contributed by atoms with E-state index in [0.29, 0.717) is 0 Å². The zero-order valence-corrected chi connectivity index (χ0v) is 8.46. The SMILES string of the molecule is NC(/C=C/C(=O)O)c1coc2ccccc12. The highest BCUT2D eigenvalue weighted by Crippen LogP contribution is 2.25. The van der Waals surface area contributed by atoms with Crippen LogP contribution in [0.4, 0.5) is 0 Å². The van der Waals surface area contributed by atoms with Crippen molar-refractivity contribution >= 4 is 16.9 Å². The first-order valence-electron chi connectivity index (χ1n) is 4.81. The number of rotatable bonds is 3. The number of hydrogen-bond donors (Lipinski definition) is 2. The molecule has 0 aliphatic rings. The van der Waals surface area contributed by atoms with Crippen molar-refractivity contribution in [3.05, 3.63) is 48.2 Å². The Bertz CT molecular complexity index is 542. The summed E-state index contributed by atoms with van der Waals surface area (Å²) in [5, 5.41) is 9.41. The summed E-state index contributed by atoms with van der Waals surface area (Å²) < 4.78 is 5.32. The maximum atomic E-state index is 10.4. The van der Waals surface area contributed by atoms with Crippen LogP contribution < -0.4 is 5.73 Å². The Labute approximate surface area is 92.0 Å². The third-order valence-corrected chi connectivity index (χ3v) is 2.32. The molecule has 0 radical (unpaired) electrons. The number of nitrogens with two attached hydrogens (primary N) is 1. The van der Waals surface area contributed by atoms with E-state index >= 15 is 0 Å². The van der Waals surface area contributed by atoms with Crippen LogP contribution in [-0.4, -0.2) is 11.1 Å². The van der Waals surface area contributed by atoms with Crippen LogP contribution in [0.15, 0.2) is 47.1 Å². The standard InChI is InChI=1S/C12H11NO3/c13-10(5-6-12(14)15)9-7-16-11-4-2-1-3-8(9)11/h1-7,10H,13H2,(H,14,15)/b6-5+. The predicted octanol–water partition coefficient (Wildman–Crippen LogP) is 2.07. The molecule has 82 valence electrons. The molecule has 1 aromatic carbocycles. The molecule has 4 heteroatoms. The first-order valence-corrected chi connectivity index (χ1v) is 4.81. The van der Waals surface area contributed by atoms with Gasteiger partial charge in [-0.25, -0.2) is 4.79 Å². The normalized spacial score (nSPS) is 13.3. The van der Waals surface area contributed by atoms with E-state index in [2.05, 4.69) is 0 Å². The van der Waals surface area contributed by atoms with Crippen LogP contribution in [0.1, 0.15) is 11.6 Å². The Morgan fingerprint density at radius 2 is 2.19 bits per heavy atom. The van der Waals surface area contributed by atoms with Crippen LogP contribution in [-0.2, 0) is 4.79 Å². The number of carboxylic acids is 1. The van der Waals surface area contributed by atoms with Gasteiger partial charge in [0.05, 0.1) is 12.3 Å². The third-order valence-electron chi connectivity index (χ3n) is 2.32. The summed E-state index contributed by atoms with van der Waals surface area (Å²) in [5.41, 5.74) is 7.38. The van der Waals surface area contributed by atoms with E-state index in [1.54, 1.807) is 6.26 Å². The topological polar surface area (TPSA) is 76.5 Å². The summed E-state index contributed by atoms with van der Waals surface area (Å²) in [6, 6.07) is 7.01. The minimum atomic E-state index is -1.01. The van der Waals surface area contributed by atoms with E-state index in [0.717, 1.165) is 22.6 Å². The summed E-state index contributed by atoms with van der Waals surface area (Å²) in [4.78, 5) is 10.4. The molecule has 0 saturated heterocycles. The Kier molecular flexibility index (Phi) is 2.74. The molecule has 0 aliphatic heterocycles. The molecule has 2 rings (SSSR count). The second-order valence-corrected chi connectivity index (χ2v) is 3.41. The second-order valence-electron chi connectivity index (χ2n) is 3.41. The van der Waals surface area contributed by atoms with Crippen LogP contribution in [0.2, 0.25) is 0 Å². The number of carbonyl (C=O) groups is 1. The maximum Gasteiger partial charge on any atom is 0.328 e. The molecule has 1 heterocycles. The van der Waals surface area contributed by atoms with Gasteiger partial charge >= 0.3 is 5.97 Å². The average Bonchev–Trinajstić information content (AvgIpc) is 2.69. The molecule has 16 heavy (non-hydrogen) atoms. The van der Waals surface area contributed by atoms with Gasteiger partial charge in [0.2, 0.25) is 0 Å². The lowest BCUT2D eigenvalue weighted by Gasteiger charge is -2.02. The molecule has 4 nitrogen and oxygen atoms in total. The van der Waals surface area contributed by atoms with Gasteiger partial charge < -0.3 is 15.3 Å². The minimum Gasteiger partial charge on any atom is -0.478 e. The summed E-state index contributed by atoms with van der Waals surface area (Å²) >= 11 is 0. The first-order chi connectivity index (χ1) is 7.68. The van der Waals surface area contributed by atoms with Gasteiger partial charge in [0, 0.05) is 17.0 Å². The van der Waals surface area contributed by atoms with Crippen molar-refractivity contribution in [2.75, 3.05) is 0 Å². The molecule has 0 aliphatic carbocycles. The van der Waals surface area contributed by atoms with Gasteiger partial charge in [-0.05, 0) is 6.07 Å². The van der Waals surface area contributed by atoms with Crippen molar-refractivity contribution in [2.45, 2.75) is 6.04 Å². The fourth-order valence-corrected chi connectivity index (χ4v) is 1.55. The maximum absolute atomic E-state index is 10.4. The van der Waals surface area contributed by atoms with Crippen molar-refractivity contribution < 1.29 is 14.3 Å². The van der Waals surface area contributed by atoms with Crippen LogP contribution in [0.5, 0.6) is 0 Å².